The summed E-state index contributed by atoms with van der Waals surface area (Å²) in [6.07, 6.45) is 1.70. The van der Waals surface area contributed by atoms with Crippen LogP contribution in [-0.2, 0) is 20.9 Å². The van der Waals surface area contributed by atoms with E-state index in [1.807, 2.05) is 12.1 Å². The van der Waals surface area contributed by atoms with E-state index in [4.69, 9.17) is 14.3 Å². The normalized spacial score (nSPS) is 17.3. The fraction of sp³-hybridized carbons (Fsp3) is 0.217. The molecule has 1 aromatic carbocycles. The number of fused-ring (bicyclic) bond motifs is 1. The number of rotatable bonds is 5. The van der Waals surface area contributed by atoms with E-state index in [0.29, 0.717) is 22.6 Å². The van der Waals surface area contributed by atoms with Gasteiger partial charge in [0.25, 0.3) is 11.8 Å². The second-order valence-electron chi connectivity index (χ2n) is 7.16. The number of carbonyl (C=O) groups is 3. The smallest absolute Gasteiger partial charge is 0.338 e. The van der Waals surface area contributed by atoms with Gasteiger partial charge < -0.3 is 14.3 Å². The maximum atomic E-state index is 12.9. The van der Waals surface area contributed by atoms with Crippen LogP contribution in [0.15, 0.2) is 51.5 Å². The van der Waals surface area contributed by atoms with E-state index < -0.39 is 11.8 Å². The summed E-state index contributed by atoms with van der Waals surface area (Å²) in [5, 5.41) is 18.4. The molecule has 0 unspecified atom stereocenters. The van der Waals surface area contributed by atoms with Gasteiger partial charge in [-0.05, 0) is 43.2 Å². The summed E-state index contributed by atoms with van der Waals surface area (Å²) in [5.74, 6) is -0.743. The zero-order valence-electron chi connectivity index (χ0n) is 16.7. The van der Waals surface area contributed by atoms with Crippen LogP contribution in [0, 0.1) is 11.3 Å². The number of imide groups is 1. The summed E-state index contributed by atoms with van der Waals surface area (Å²) >= 11 is 0. The van der Waals surface area contributed by atoms with Crippen LogP contribution in [0.1, 0.15) is 35.0 Å². The van der Waals surface area contributed by atoms with Crippen LogP contribution in [0.25, 0.3) is 17.4 Å². The lowest BCUT2D eigenvalue weighted by molar-refractivity contribution is -0.140. The third-order valence-corrected chi connectivity index (χ3v) is 5.25. The molecule has 0 radical (unpaired) electrons. The quantitative estimate of drug-likeness (QED) is 0.450. The molecule has 1 aromatic heterocycles. The number of hydrogen-bond donors (Lipinski definition) is 1. The number of nitriles is 1. The first-order chi connectivity index (χ1) is 14.9. The molecular formula is C23H18N2O6. The van der Waals surface area contributed by atoms with E-state index in [-0.39, 0.29) is 48.9 Å². The van der Waals surface area contributed by atoms with Gasteiger partial charge in [0.05, 0.1) is 5.56 Å². The Bertz CT molecular complexity index is 1210. The van der Waals surface area contributed by atoms with Crippen molar-refractivity contribution in [2.75, 3.05) is 13.2 Å². The number of ether oxygens (including phenoxy) is 1. The predicted octanol–water partition coefficient (Wildman–Crippen LogP) is 2.59. The van der Waals surface area contributed by atoms with Crippen molar-refractivity contribution in [3.05, 3.63) is 63.9 Å². The molecule has 0 bridgehead atoms. The molecule has 3 heterocycles. The minimum Gasteiger partial charge on any atom is -0.457 e. The molecule has 2 amide bonds. The van der Waals surface area contributed by atoms with Crippen LogP contribution in [-0.4, -0.2) is 40.9 Å². The van der Waals surface area contributed by atoms with Crippen molar-refractivity contribution in [1.29, 1.82) is 5.26 Å². The number of nitrogens with zero attached hydrogens (tertiary/aromatic N) is 2. The second kappa shape index (κ2) is 8.05. The fourth-order valence-corrected chi connectivity index (χ4v) is 3.56. The molecule has 8 nitrogen and oxygen atoms in total. The van der Waals surface area contributed by atoms with Gasteiger partial charge >= 0.3 is 5.97 Å². The minimum absolute atomic E-state index is 0.0125. The van der Waals surface area contributed by atoms with Gasteiger partial charge in [0, 0.05) is 29.9 Å². The van der Waals surface area contributed by atoms with E-state index in [1.165, 1.54) is 6.08 Å². The summed E-state index contributed by atoms with van der Waals surface area (Å²) in [6, 6.07) is 10.5. The number of cyclic esters (lactones) is 1. The number of furan rings is 1. The highest BCUT2D eigenvalue weighted by Gasteiger charge is 2.35. The molecule has 0 saturated heterocycles. The molecule has 156 valence electrons. The first-order valence-corrected chi connectivity index (χ1v) is 9.65. The summed E-state index contributed by atoms with van der Waals surface area (Å²) in [5.41, 5.74) is 2.32. The summed E-state index contributed by atoms with van der Waals surface area (Å²) in [6.45, 7) is 1.62. The van der Waals surface area contributed by atoms with Crippen molar-refractivity contribution in [2.24, 2.45) is 0 Å². The standard InChI is InChI=1S/C23H18N2O6/c1-13-17(21(27)25(7-2-8-26)22(28)19(13)11-24)10-16-5-6-20(31-16)14-3-4-15-12-30-23(29)18(15)9-14/h3-6,9-10,26H,2,7-8,12H2,1H3/b17-10-. The highest BCUT2D eigenvalue weighted by atomic mass is 16.5. The molecule has 4 rings (SSSR count). The number of aliphatic hydroxyl groups is 1. The maximum Gasteiger partial charge on any atom is 0.338 e. The Morgan fingerprint density at radius 1 is 1.19 bits per heavy atom. The van der Waals surface area contributed by atoms with Gasteiger partial charge in [0.1, 0.15) is 29.8 Å². The SMILES string of the molecule is CC1=C(C#N)C(=O)N(CCCO)C(=O)/C1=C\c1ccc(-c2ccc3c(c2)C(=O)OC3)o1. The van der Waals surface area contributed by atoms with E-state index in [2.05, 4.69) is 0 Å². The van der Waals surface area contributed by atoms with Crippen molar-refractivity contribution in [3.8, 4) is 17.4 Å². The maximum absolute atomic E-state index is 12.9. The van der Waals surface area contributed by atoms with Crippen molar-refractivity contribution in [1.82, 2.24) is 4.90 Å². The Balaban J connectivity index is 1.69. The average Bonchev–Trinajstić information content (AvgIpc) is 3.38. The average molecular weight is 418 g/mol. The Hall–Kier alpha value is -3.96. The van der Waals surface area contributed by atoms with Crippen molar-refractivity contribution >= 4 is 23.9 Å². The molecule has 0 aliphatic carbocycles. The monoisotopic (exact) mass is 418 g/mol. The first kappa shape index (κ1) is 20.3. The lowest BCUT2D eigenvalue weighted by Gasteiger charge is -2.27. The van der Waals surface area contributed by atoms with Crippen LogP contribution in [0.4, 0.5) is 0 Å². The highest BCUT2D eigenvalue weighted by molar-refractivity contribution is 6.19. The zero-order chi connectivity index (χ0) is 22.1. The van der Waals surface area contributed by atoms with Crippen molar-refractivity contribution < 1.29 is 28.6 Å². The van der Waals surface area contributed by atoms with E-state index in [1.54, 1.807) is 31.2 Å². The van der Waals surface area contributed by atoms with Gasteiger partial charge in [0.2, 0.25) is 0 Å². The molecule has 31 heavy (non-hydrogen) atoms. The highest BCUT2D eigenvalue weighted by Crippen LogP contribution is 2.31. The Labute approximate surface area is 177 Å². The largest absolute Gasteiger partial charge is 0.457 e. The van der Waals surface area contributed by atoms with Crippen molar-refractivity contribution in [2.45, 2.75) is 20.0 Å². The Kier molecular flexibility index (Phi) is 5.28. The molecule has 1 N–H and O–H groups in total. The number of benzene rings is 1. The molecule has 0 saturated carbocycles. The van der Waals surface area contributed by atoms with Gasteiger partial charge in [-0.3, -0.25) is 14.5 Å². The molecule has 0 atom stereocenters. The third kappa shape index (κ3) is 3.56. The summed E-state index contributed by atoms with van der Waals surface area (Å²) in [4.78, 5) is 38.1. The Morgan fingerprint density at radius 3 is 2.74 bits per heavy atom. The van der Waals surface area contributed by atoms with Crippen molar-refractivity contribution in [3.63, 3.8) is 0 Å². The molecule has 2 aliphatic rings. The molecule has 8 heteroatoms. The lowest BCUT2D eigenvalue weighted by atomic mass is 9.94. The first-order valence-electron chi connectivity index (χ1n) is 9.65. The summed E-state index contributed by atoms with van der Waals surface area (Å²) in [7, 11) is 0. The van der Waals surface area contributed by atoms with Crippen LogP contribution in [0.5, 0.6) is 0 Å². The number of hydrogen-bond acceptors (Lipinski definition) is 7. The van der Waals surface area contributed by atoms with Gasteiger partial charge in [-0.2, -0.15) is 5.26 Å². The van der Waals surface area contributed by atoms with Gasteiger partial charge in [-0.25, -0.2) is 4.79 Å². The number of carbonyl (C=O) groups excluding carboxylic acids is 3. The molecule has 2 aliphatic heterocycles. The molecular weight excluding hydrogens is 400 g/mol. The fourth-order valence-electron chi connectivity index (χ4n) is 3.56. The summed E-state index contributed by atoms with van der Waals surface area (Å²) < 4.78 is 10.9. The second-order valence-corrected chi connectivity index (χ2v) is 7.16. The molecule has 0 spiro atoms. The molecule has 2 aromatic rings. The van der Waals surface area contributed by atoms with Gasteiger partial charge in [-0.1, -0.05) is 12.1 Å². The van der Waals surface area contributed by atoms with Crippen LogP contribution < -0.4 is 0 Å². The zero-order valence-corrected chi connectivity index (χ0v) is 16.7. The van der Waals surface area contributed by atoms with Gasteiger partial charge in [0.15, 0.2) is 0 Å². The van der Waals surface area contributed by atoms with Gasteiger partial charge in [-0.15, -0.1) is 0 Å². The minimum atomic E-state index is -0.666. The van der Waals surface area contributed by atoms with Crippen LogP contribution in [0.2, 0.25) is 0 Å². The topological polar surface area (TPSA) is 121 Å². The number of amides is 2. The Morgan fingerprint density at radius 2 is 2.00 bits per heavy atom. The van der Waals surface area contributed by atoms with E-state index >= 15 is 0 Å². The van der Waals surface area contributed by atoms with Crippen LogP contribution >= 0.6 is 0 Å². The van der Waals surface area contributed by atoms with E-state index in [0.717, 1.165) is 10.5 Å². The van der Waals surface area contributed by atoms with E-state index in [9.17, 15) is 19.6 Å². The lowest BCUT2D eigenvalue weighted by Crippen LogP contribution is -2.43. The number of aliphatic hydroxyl groups excluding tert-OH is 1. The predicted molar refractivity (Wildman–Crippen MR) is 108 cm³/mol. The third-order valence-electron chi connectivity index (χ3n) is 5.25. The van der Waals surface area contributed by atoms with Crippen LogP contribution in [0.3, 0.4) is 0 Å². The molecule has 0 fully saturated rings. The number of esters is 1.